The smallest absolute Gasteiger partial charge is 0.337 e. The Morgan fingerprint density at radius 1 is 1.29 bits per heavy atom. The van der Waals surface area contributed by atoms with Crippen LogP contribution in [0.15, 0.2) is 48.5 Å². The average Bonchev–Trinajstić information content (AvgIpc) is 3.02. The monoisotopic (exact) mass is 418 g/mol. The highest BCUT2D eigenvalue weighted by molar-refractivity contribution is 7.73. The molecule has 146 valence electrons. The van der Waals surface area contributed by atoms with Crippen LogP contribution in [0, 0.1) is 9.77 Å². The van der Waals surface area contributed by atoms with Gasteiger partial charge in [0, 0.05) is 6.54 Å². The van der Waals surface area contributed by atoms with Gasteiger partial charge in [0.1, 0.15) is 5.82 Å². The third-order valence-corrected chi connectivity index (χ3v) is 5.15. The number of aromatic nitrogens is 2. The number of anilines is 2. The number of rotatable bonds is 7. The molecule has 0 radical (unpaired) electrons. The van der Waals surface area contributed by atoms with Gasteiger partial charge >= 0.3 is 5.97 Å². The topological polar surface area (TPSA) is 59.4 Å². The molecule has 1 N–H and O–H groups in total. The van der Waals surface area contributed by atoms with Crippen molar-refractivity contribution >= 4 is 40.3 Å². The second kappa shape index (κ2) is 9.05. The van der Waals surface area contributed by atoms with Gasteiger partial charge in [-0.1, -0.05) is 35.6 Å². The highest BCUT2D eigenvalue weighted by Crippen LogP contribution is 2.22. The molecule has 3 rings (SSSR count). The van der Waals surface area contributed by atoms with Crippen LogP contribution in [0.1, 0.15) is 15.9 Å². The number of para-hydroxylation sites is 1. The molecule has 0 aliphatic rings. The second-order valence-corrected chi connectivity index (χ2v) is 7.74. The predicted octanol–water partition coefficient (Wildman–Crippen LogP) is 4.43. The molecule has 0 aliphatic heterocycles. The SMILES string of the molecule is COC(=O)c1ccc(CN(C)Cn2nc(Nc3ccccc3F)sc2=S)cc1. The molecular weight excluding hydrogens is 399 g/mol. The molecule has 0 saturated carbocycles. The Morgan fingerprint density at radius 3 is 2.68 bits per heavy atom. The lowest BCUT2D eigenvalue weighted by molar-refractivity contribution is 0.0600. The van der Waals surface area contributed by atoms with Crippen molar-refractivity contribution in [1.29, 1.82) is 0 Å². The summed E-state index contributed by atoms with van der Waals surface area (Å²) in [5, 5.41) is 7.92. The zero-order chi connectivity index (χ0) is 20.1. The molecule has 0 unspecified atom stereocenters. The van der Waals surface area contributed by atoms with Crippen molar-refractivity contribution in [2.75, 3.05) is 19.5 Å². The largest absolute Gasteiger partial charge is 0.465 e. The van der Waals surface area contributed by atoms with Gasteiger partial charge in [-0.15, -0.1) is 5.10 Å². The van der Waals surface area contributed by atoms with Crippen molar-refractivity contribution in [3.63, 3.8) is 0 Å². The molecule has 9 heteroatoms. The minimum absolute atomic E-state index is 0.345. The Bertz CT molecular complexity index is 1020. The first-order valence-corrected chi connectivity index (χ1v) is 9.64. The molecule has 0 bridgehead atoms. The van der Waals surface area contributed by atoms with Crippen LogP contribution in [0.3, 0.4) is 0 Å². The fourth-order valence-electron chi connectivity index (χ4n) is 2.58. The number of nitrogens with one attached hydrogen (secondary N) is 1. The fourth-order valence-corrected chi connectivity index (χ4v) is 3.58. The maximum atomic E-state index is 13.8. The molecule has 0 atom stereocenters. The van der Waals surface area contributed by atoms with Gasteiger partial charge in [0.05, 0.1) is 25.0 Å². The van der Waals surface area contributed by atoms with E-state index in [1.807, 2.05) is 24.1 Å². The van der Waals surface area contributed by atoms with E-state index in [0.29, 0.717) is 33.6 Å². The summed E-state index contributed by atoms with van der Waals surface area (Å²) >= 11 is 6.66. The van der Waals surface area contributed by atoms with Gasteiger partial charge in [0.25, 0.3) is 0 Å². The number of carbonyl (C=O) groups excluding carboxylic acids is 1. The minimum Gasteiger partial charge on any atom is -0.465 e. The number of halogens is 1. The van der Waals surface area contributed by atoms with Crippen molar-refractivity contribution < 1.29 is 13.9 Å². The van der Waals surface area contributed by atoms with E-state index in [2.05, 4.69) is 10.4 Å². The quantitative estimate of drug-likeness (QED) is 0.452. The Balaban J connectivity index is 1.63. The Hall–Kier alpha value is -2.62. The van der Waals surface area contributed by atoms with E-state index in [1.54, 1.807) is 35.0 Å². The third kappa shape index (κ3) is 5.00. The maximum absolute atomic E-state index is 13.8. The van der Waals surface area contributed by atoms with Crippen molar-refractivity contribution in [2.45, 2.75) is 13.2 Å². The number of carbonyl (C=O) groups is 1. The van der Waals surface area contributed by atoms with Crippen LogP contribution in [-0.4, -0.2) is 34.8 Å². The lowest BCUT2D eigenvalue weighted by atomic mass is 10.1. The summed E-state index contributed by atoms with van der Waals surface area (Å²) in [5.74, 6) is -0.703. The lowest BCUT2D eigenvalue weighted by Gasteiger charge is -2.16. The molecule has 0 fully saturated rings. The summed E-state index contributed by atoms with van der Waals surface area (Å²) in [6.45, 7) is 1.13. The van der Waals surface area contributed by atoms with Gasteiger partial charge in [-0.05, 0) is 49.1 Å². The van der Waals surface area contributed by atoms with Crippen molar-refractivity contribution in [2.24, 2.45) is 0 Å². The number of methoxy groups -OCH3 is 1. The number of ether oxygens (including phenoxy) is 1. The molecule has 0 saturated heterocycles. The number of benzene rings is 2. The van der Waals surface area contributed by atoms with Crippen LogP contribution in [0.25, 0.3) is 0 Å². The van der Waals surface area contributed by atoms with E-state index in [1.165, 1.54) is 24.5 Å². The summed E-state index contributed by atoms with van der Waals surface area (Å²) in [6, 6.07) is 13.7. The number of hydrogen-bond donors (Lipinski definition) is 1. The van der Waals surface area contributed by atoms with Gasteiger partial charge in [-0.3, -0.25) is 4.90 Å². The van der Waals surface area contributed by atoms with Gasteiger partial charge in [0.2, 0.25) is 5.13 Å². The van der Waals surface area contributed by atoms with E-state index in [9.17, 15) is 9.18 Å². The standard InChI is InChI=1S/C19H19FN4O2S2/c1-23(11-13-7-9-14(10-8-13)17(25)26-2)12-24-19(27)28-18(22-24)21-16-6-4-3-5-15(16)20/h3-10H,11-12H2,1-2H3,(H,21,22). The molecule has 28 heavy (non-hydrogen) atoms. The number of esters is 1. The van der Waals surface area contributed by atoms with E-state index in [4.69, 9.17) is 17.0 Å². The zero-order valence-electron chi connectivity index (χ0n) is 15.4. The molecule has 6 nitrogen and oxygen atoms in total. The first kappa shape index (κ1) is 20.1. The van der Waals surface area contributed by atoms with E-state index in [0.717, 1.165) is 5.56 Å². The highest BCUT2D eigenvalue weighted by Gasteiger charge is 2.10. The zero-order valence-corrected chi connectivity index (χ0v) is 17.0. The minimum atomic E-state index is -0.358. The molecule has 2 aromatic carbocycles. The predicted molar refractivity (Wildman–Crippen MR) is 110 cm³/mol. The van der Waals surface area contributed by atoms with Gasteiger partial charge < -0.3 is 10.1 Å². The van der Waals surface area contributed by atoms with E-state index < -0.39 is 0 Å². The molecule has 0 amide bonds. The summed E-state index contributed by atoms with van der Waals surface area (Å²) < 4.78 is 20.8. The first-order valence-electron chi connectivity index (χ1n) is 8.41. The number of nitrogens with zero attached hydrogens (tertiary/aromatic N) is 3. The summed E-state index contributed by atoms with van der Waals surface area (Å²) in [6.07, 6.45) is 0. The van der Waals surface area contributed by atoms with Crippen LogP contribution in [-0.2, 0) is 18.0 Å². The van der Waals surface area contributed by atoms with Crippen LogP contribution in [0.2, 0.25) is 0 Å². The summed E-state index contributed by atoms with van der Waals surface area (Å²) in [5.41, 5.74) is 1.92. The molecule has 0 spiro atoms. The highest BCUT2D eigenvalue weighted by atomic mass is 32.1. The molecule has 1 heterocycles. The summed E-state index contributed by atoms with van der Waals surface area (Å²) in [7, 11) is 3.30. The Labute approximate surface area is 171 Å². The maximum Gasteiger partial charge on any atom is 0.337 e. The van der Waals surface area contributed by atoms with Crippen LogP contribution in [0.4, 0.5) is 15.2 Å². The second-order valence-electron chi connectivity index (χ2n) is 6.12. The van der Waals surface area contributed by atoms with Gasteiger partial charge in [-0.2, -0.15) is 0 Å². The van der Waals surface area contributed by atoms with Crippen molar-refractivity contribution in [3.8, 4) is 0 Å². The normalized spacial score (nSPS) is 10.9. The van der Waals surface area contributed by atoms with E-state index in [-0.39, 0.29) is 11.8 Å². The van der Waals surface area contributed by atoms with Gasteiger partial charge in [-0.25, -0.2) is 13.9 Å². The molecular formula is C19H19FN4O2S2. The average molecular weight is 419 g/mol. The van der Waals surface area contributed by atoms with Crippen LogP contribution >= 0.6 is 23.6 Å². The third-order valence-electron chi connectivity index (χ3n) is 3.92. The lowest BCUT2D eigenvalue weighted by Crippen LogP contribution is -2.22. The Kier molecular flexibility index (Phi) is 6.50. The van der Waals surface area contributed by atoms with Crippen molar-refractivity contribution in [3.05, 3.63) is 69.4 Å². The van der Waals surface area contributed by atoms with Crippen LogP contribution < -0.4 is 5.32 Å². The number of hydrogen-bond acceptors (Lipinski definition) is 7. The molecule has 3 aromatic rings. The molecule has 1 aromatic heterocycles. The van der Waals surface area contributed by atoms with Crippen LogP contribution in [0.5, 0.6) is 0 Å². The van der Waals surface area contributed by atoms with Gasteiger partial charge in [0.15, 0.2) is 3.95 Å². The first-order chi connectivity index (χ1) is 13.5. The van der Waals surface area contributed by atoms with E-state index >= 15 is 0 Å². The molecule has 0 aliphatic carbocycles. The Morgan fingerprint density at radius 2 is 2.00 bits per heavy atom. The van der Waals surface area contributed by atoms with Crippen molar-refractivity contribution in [1.82, 2.24) is 14.7 Å². The summed E-state index contributed by atoms with van der Waals surface area (Å²) in [4.78, 5) is 13.5. The fraction of sp³-hybridized carbons (Fsp3) is 0.211.